The zero-order valence-corrected chi connectivity index (χ0v) is 11.3. The lowest BCUT2D eigenvalue weighted by Crippen LogP contribution is -2.14. The highest BCUT2D eigenvalue weighted by Crippen LogP contribution is 2.20. The Hall–Kier alpha value is -1.62. The number of fused-ring (bicyclic) bond motifs is 1. The van der Waals surface area contributed by atoms with Crippen molar-refractivity contribution in [1.29, 1.82) is 0 Å². The van der Waals surface area contributed by atoms with Crippen molar-refractivity contribution in [3.63, 3.8) is 0 Å². The van der Waals surface area contributed by atoms with Gasteiger partial charge in [0.25, 0.3) is 0 Å². The van der Waals surface area contributed by atoms with Gasteiger partial charge in [0.15, 0.2) is 0 Å². The van der Waals surface area contributed by atoms with Crippen LogP contribution in [0.5, 0.6) is 0 Å². The molecular weight excluding hydrogens is 243 g/mol. The predicted octanol–water partition coefficient (Wildman–Crippen LogP) is 2.74. The Morgan fingerprint density at radius 2 is 2.21 bits per heavy atom. The Morgan fingerprint density at radius 1 is 1.37 bits per heavy atom. The Labute approximate surface area is 112 Å². The second-order valence-electron chi connectivity index (χ2n) is 4.64. The van der Waals surface area contributed by atoms with Crippen molar-refractivity contribution in [3.05, 3.63) is 24.0 Å². The van der Waals surface area contributed by atoms with Crippen LogP contribution < -0.4 is 11.1 Å². The number of nitrogens with zero attached hydrogens (tertiary/aromatic N) is 2. The summed E-state index contributed by atoms with van der Waals surface area (Å²) in [5, 5.41) is 3.32. The largest absolute Gasteiger partial charge is 0.356 e. The molecule has 0 amide bonds. The van der Waals surface area contributed by atoms with Crippen LogP contribution in [-0.4, -0.2) is 22.6 Å². The molecule has 0 radical (unpaired) electrons. The molecule has 1 aromatic carbocycles. The molecule has 0 fully saturated rings. The van der Waals surface area contributed by atoms with Crippen molar-refractivity contribution in [1.82, 2.24) is 9.55 Å². The van der Waals surface area contributed by atoms with Gasteiger partial charge in [0, 0.05) is 25.7 Å². The molecule has 2 rings (SSSR count). The maximum absolute atomic E-state index is 13.2. The van der Waals surface area contributed by atoms with Crippen LogP contribution in [0, 0.1) is 5.82 Å². The van der Waals surface area contributed by atoms with E-state index >= 15 is 0 Å². The van der Waals surface area contributed by atoms with Gasteiger partial charge in [0.2, 0.25) is 5.95 Å². The van der Waals surface area contributed by atoms with Gasteiger partial charge in [-0.1, -0.05) is 19.8 Å². The fourth-order valence-corrected chi connectivity index (χ4v) is 2.17. The van der Waals surface area contributed by atoms with Gasteiger partial charge in [-0.25, -0.2) is 9.37 Å². The molecule has 0 atom stereocenters. The molecule has 0 bridgehead atoms. The van der Waals surface area contributed by atoms with E-state index in [2.05, 4.69) is 17.2 Å². The van der Waals surface area contributed by atoms with Crippen LogP contribution >= 0.6 is 0 Å². The molecule has 0 aliphatic carbocycles. The third-order valence-corrected chi connectivity index (χ3v) is 3.13. The summed E-state index contributed by atoms with van der Waals surface area (Å²) in [5.41, 5.74) is 7.23. The van der Waals surface area contributed by atoms with Crippen molar-refractivity contribution in [2.24, 2.45) is 5.73 Å². The molecule has 0 aliphatic rings. The first-order valence-corrected chi connectivity index (χ1v) is 6.86. The number of benzene rings is 1. The average Bonchev–Trinajstić information content (AvgIpc) is 2.73. The van der Waals surface area contributed by atoms with Crippen molar-refractivity contribution in [2.45, 2.75) is 32.7 Å². The molecule has 1 heterocycles. The highest BCUT2D eigenvalue weighted by Gasteiger charge is 2.10. The van der Waals surface area contributed by atoms with Crippen LogP contribution in [0.4, 0.5) is 10.3 Å². The van der Waals surface area contributed by atoms with Gasteiger partial charge in [-0.3, -0.25) is 0 Å². The number of aromatic nitrogens is 2. The van der Waals surface area contributed by atoms with E-state index in [9.17, 15) is 4.39 Å². The van der Waals surface area contributed by atoms with E-state index in [0.717, 1.165) is 24.4 Å². The highest BCUT2D eigenvalue weighted by atomic mass is 19.1. The van der Waals surface area contributed by atoms with E-state index in [1.807, 2.05) is 4.57 Å². The molecule has 3 N–H and O–H groups in total. The zero-order chi connectivity index (χ0) is 13.7. The molecule has 0 spiro atoms. The van der Waals surface area contributed by atoms with Gasteiger partial charge in [0.05, 0.1) is 11.0 Å². The number of imidazole rings is 1. The van der Waals surface area contributed by atoms with E-state index in [1.54, 1.807) is 6.07 Å². The van der Waals surface area contributed by atoms with Gasteiger partial charge in [0.1, 0.15) is 5.82 Å². The second-order valence-corrected chi connectivity index (χ2v) is 4.64. The van der Waals surface area contributed by atoms with E-state index in [4.69, 9.17) is 5.73 Å². The molecule has 0 saturated carbocycles. The molecule has 4 nitrogen and oxygen atoms in total. The SMILES string of the molecule is CCCCCNc1nc2cc(F)ccc2n1CCN. The van der Waals surface area contributed by atoms with Crippen molar-refractivity contribution in [3.8, 4) is 0 Å². The summed E-state index contributed by atoms with van der Waals surface area (Å²) in [4.78, 5) is 4.45. The van der Waals surface area contributed by atoms with E-state index < -0.39 is 0 Å². The number of nitrogens with one attached hydrogen (secondary N) is 1. The Morgan fingerprint density at radius 3 is 2.95 bits per heavy atom. The lowest BCUT2D eigenvalue weighted by atomic mass is 10.2. The molecule has 19 heavy (non-hydrogen) atoms. The minimum absolute atomic E-state index is 0.262. The fourth-order valence-electron chi connectivity index (χ4n) is 2.17. The average molecular weight is 264 g/mol. The molecule has 104 valence electrons. The quantitative estimate of drug-likeness (QED) is 0.756. The van der Waals surface area contributed by atoms with Crippen LogP contribution in [0.3, 0.4) is 0 Å². The molecule has 0 unspecified atom stereocenters. The zero-order valence-electron chi connectivity index (χ0n) is 11.3. The Bertz CT molecular complexity index is 535. The first-order valence-electron chi connectivity index (χ1n) is 6.86. The second kappa shape index (κ2) is 6.52. The van der Waals surface area contributed by atoms with Gasteiger partial charge in [-0.05, 0) is 18.6 Å². The third-order valence-electron chi connectivity index (χ3n) is 3.13. The normalized spacial score (nSPS) is 11.1. The van der Waals surface area contributed by atoms with Crippen molar-refractivity contribution < 1.29 is 4.39 Å². The fraction of sp³-hybridized carbons (Fsp3) is 0.500. The van der Waals surface area contributed by atoms with E-state index in [0.29, 0.717) is 18.6 Å². The monoisotopic (exact) mass is 264 g/mol. The first kappa shape index (κ1) is 13.8. The number of unbranched alkanes of at least 4 members (excludes halogenated alkanes) is 2. The number of halogens is 1. The van der Waals surface area contributed by atoms with Gasteiger partial charge in [-0.2, -0.15) is 0 Å². The van der Waals surface area contributed by atoms with Crippen molar-refractivity contribution >= 4 is 17.0 Å². The molecule has 1 aromatic heterocycles. The first-order chi connectivity index (χ1) is 9.26. The lowest BCUT2D eigenvalue weighted by Gasteiger charge is -2.09. The van der Waals surface area contributed by atoms with Crippen LogP contribution in [0.25, 0.3) is 11.0 Å². The molecule has 0 saturated heterocycles. The lowest BCUT2D eigenvalue weighted by molar-refractivity contribution is 0.629. The summed E-state index contributed by atoms with van der Waals surface area (Å²) in [5.74, 6) is 0.518. The number of hydrogen-bond acceptors (Lipinski definition) is 3. The molecule has 0 aliphatic heterocycles. The summed E-state index contributed by atoms with van der Waals surface area (Å²) in [6.45, 7) is 4.27. The van der Waals surface area contributed by atoms with Crippen LogP contribution in [0.2, 0.25) is 0 Å². The van der Waals surface area contributed by atoms with Crippen LogP contribution in [0.15, 0.2) is 18.2 Å². The topological polar surface area (TPSA) is 55.9 Å². The summed E-state index contributed by atoms with van der Waals surface area (Å²) >= 11 is 0. The smallest absolute Gasteiger partial charge is 0.203 e. The summed E-state index contributed by atoms with van der Waals surface area (Å²) in [6, 6.07) is 4.67. The van der Waals surface area contributed by atoms with Crippen molar-refractivity contribution in [2.75, 3.05) is 18.4 Å². The minimum atomic E-state index is -0.262. The molecular formula is C14H21FN4. The molecule has 2 aromatic rings. The summed E-state index contributed by atoms with van der Waals surface area (Å²) < 4.78 is 15.2. The minimum Gasteiger partial charge on any atom is -0.356 e. The maximum atomic E-state index is 13.2. The van der Waals surface area contributed by atoms with Crippen LogP contribution in [-0.2, 0) is 6.54 Å². The number of rotatable bonds is 7. The van der Waals surface area contributed by atoms with E-state index in [1.165, 1.54) is 25.0 Å². The van der Waals surface area contributed by atoms with Gasteiger partial charge in [-0.15, -0.1) is 0 Å². The van der Waals surface area contributed by atoms with Crippen LogP contribution in [0.1, 0.15) is 26.2 Å². The maximum Gasteiger partial charge on any atom is 0.203 e. The number of hydrogen-bond donors (Lipinski definition) is 2. The Balaban J connectivity index is 2.22. The summed E-state index contributed by atoms with van der Waals surface area (Å²) in [6.07, 6.45) is 3.49. The third kappa shape index (κ3) is 3.23. The Kier molecular flexibility index (Phi) is 4.74. The predicted molar refractivity (Wildman–Crippen MR) is 76.8 cm³/mol. The van der Waals surface area contributed by atoms with Gasteiger partial charge < -0.3 is 15.6 Å². The molecule has 5 heteroatoms. The summed E-state index contributed by atoms with van der Waals surface area (Å²) in [7, 11) is 0. The number of nitrogens with two attached hydrogens (primary N) is 1. The highest BCUT2D eigenvalue weighted by molar-refractivity contribution is 5.78. The standard InChI is InChI=1S/C14H21FN4/c1-2-3-4-8-17-14-18-12-10-11(15)5-6-13(12)19(14)9-7-16/h5-6,10H,2-4,7-9,16H2,1H3,(H,17,18). The van der Waals surface area contributed by atoms with Gasteiger partial charge >= 0.3 is 0 Å². The van der Waals surface area contributed by atoms with E-state index in [-0.39, 0.29) is 5.82 Å². The number of anilines is 1.